The van der Waals surface area contributed by atoms with E-state index in [0.29, 0.717) is 31.5 Å². The third-order valence-electron chi connectivity index (χ3n) is 7.34. The van der Waals surface area contributed by atoms with Crippen molar-refractivity contribution in [3.05, 3.63) is 42.0 Å². The molecule has 1 aliphatic carbocycles. The molecule has 12 heteroatoms. The van der Waals surface area contributed by atoms with Crippen molar-refractivity contribution in [2.75, 3.05) is 32.8 Å². The van der Waals surface area contributed by atoms with Gasteiger partial charge in [0.05, 0.1) is 18.8 Å². The summed E-state index contributed by atoms with van der Waals surface area (Å²) in [4.78, 5) is 35.6. The molecule has 2 atom stereocenters. The maximum Gasteiger partial charge on any atom is 0.410 e. The molecule has 1 aromatic carbocycles. The third kappa shape index (κ3) is 5.70. The zero-order valence-corrected chi connectivity index (χ0v) is 21.0. The van der Waals surface area contributed by atoms with Gasteiger partial charge < -0.3 is 29.5 Å². The number of rotatable bonds is 6. The second-order valence-corrected chi connectivity index (χ2v) is 10.5. The van der Waals surface area contributed by atoms with Crippen LogP contribution in [0.15, 0.2) is 24.5 Å². The van der Waals surface area contributed by atoms with Gasteiger partial charge >= 0.3 is 6.09 Å². The smallest absolute Gasteiger partial charge is 0.410 e. The van der Waals surface area contributed by atoms with Crippen LogP contribution in [0.4, 0.5) is 13.6 Å². The van der Waals surface area contributed by atoms with Crippen LogP contribution < -0.4 is 4.74 Å². The van der Waals surface area contributed by atoms with Crippen LogP contribution in [0.1, 0.15) is 43.2 Å². The number of hydrogen-bond acceptors (Lipinski definition) is 8. The average Bonchev–Trinajstić information content (AvgIpc) is 3.53. The van der Waals surface area contributed by atoms with Crippen LogP contribution in [0.2, 0.25) is 0 Å². The van der Waals surface area contributed by atoms with E-state index >= 15 is 0 Å². The highest BCUT2D eigenvalue weighted by atomic mass is 19.1. The maximum absolute atomic E-state index is 14.8. The first-order valence-electron chi connectivity index (χ1n) is 12.7. The highest BCUT2D eigenvalue weighted by Crippen LogP contribution is 2.39. The topological polar surface area (TPSA) is 125 Å². The minimum atomic E-state index is -1.03. The van der Waals surface area contributed by atoms with Crippen LogP contribution in [0.25, 0.3) is 11.1 Å². The van der Waals surface area contributed by atoms with Crippen LogP contribution in [0.3, 0.4) is 0 Å². The number of amides is 2. The molecule has 3 fully saturated rings. The second-order valence-electron chi connectivity index (χ2n) is 10.5. The molecule has 2 saturated heterocycles. The molecule has 204 valence electrons. The van der Waals surface area contributed by atoms with Gasteiger partial charge in [0.25, 0.3) is 5.91 Å². The number of halogens is 2. The molecule has 1 saturated carbocycles. The summed E-state index contributed by atoms with van der Waals surface area (Å²) in [5.74, 6) is -2.90. The third-order valence-corrected chi connectivity index (χ3v) is 7.34. The fourth-order valence-electron chi connectivity index (χ4n) is 4.57. The molecule has 2 amide bonds. The lowest BCUT2D eigenvalue weighted by atomic mass is 9.98. The molecular weight excluding hydrogens is 502 g/mol. The van der Waals surface area contributed by atoms with E-state index in [4.69, 9.17) is 9.47 Å². The van der Waals surface area contributed by atoms with Crippen molar-refractivity contribution in [1.29, 1.82) is 0 Å². The Hall–Kier alpha value is -3.38. The molecule has 10 nitrogen and oxygen atoms in total. The number of aliphatic hydroxyl groups excluding tert-OH is 2. The van der Waals surface area contributed by atoms with Gasteiger partial charge in [0.1, 0.15) is 5.60 Å². The van der Waals surface area contributed by atoms with Crippen LogP contribution >= 0.6 is 0 Å². The van der Waals surface area contributed by atoms with Crippen LogP contribution in [0.5, 0.6) is 5.75 Å². The number of piperidine rings is 1. The van der Waals surface area contributed by atoms with Gasteiger partial charge in [-0.2, -0.15) is 0 Å². The van der Waals surface area contributed by atoms with Crippen LogP contribution in [0, 0.1) is 17.6 Å². The Kier molecular flexibility index (Phi) is 7.19. The summed E-state index contributed by atoms with van der Waals surface area (Å²) >= 11 is 0. The first kappa shape index (κ1) is 26.2. The van der Waals surface area contributed by atoms with Gasteiger partial charge in [0.15, 0.2) is 17.4 Å². The summed E-state index contributed by atoms with van der Waals surface area (Å²) < 4.78 is 40.6. The van der Waals surface area contributed by atoms with E-state index in [2.05, 4.69) is 9.97 Å². The van der Waals surface area contributed by atoms with Gasteiger partial charge in [-0.3, -0.25) is 4.79 Å². The van der Waals surface area contributed by atoms with Crippen molar-refractivity contribution in [1.82, 2.24) is 19.8 Å². The standard InChI is InChI=1S/C26H30F2N4O6/c1-26(4-5-26)38-25(36)31-6-2-15(3-7-31)14-37-22-18(27)8-16(9-19(22)28)17-10-29-23(30-11-17)24(35)32-12-20(33)21(34)13-32/h8-11,15,20-21,33-34H,2-7,12-14H2,1H3/t20-,21-/m1/s1. The van der Waals surface area contributed by atoms with Gasteiger partial charge in [-0.15, -0.1) is 0 Å². The average molecular weight is 533 g/mol. The zero-order valence-electron chi connectivity index (χ0n) is 21.0. The molecule has 0 radical (unpaired) electrons. The highest BCUT2D eigenvalue weighted by Gasteiger charge is 2.43. The molecule has 0 bridgehead atoms. The van der Waals surface area contributed by atoms with Crippen molar-refractivity contribution in [2.45, 2.75) is 50.4 Å². The van der Waals surface area contributed by atoms with E-state index in [1.165, 1.54) is 17.3 Å². The number of carbonyl (C=O) groups is 2. The van der Waals surface area contributed by atoms with Gasteiger partial charge in [-0.05, 0) is 56.2 Å². The Morgan fingerprint density at radius 2 is 1.58 bits per heavy atom. The molecule has 2 N–H and O–H groups in total. The lowest BCUT2D eigenvalue weighted by Crippen LogP contribution is -2.41. The maximum atomic E-state index is 14.8. The summed E-state index contributed by atoms with van der Waals surface area (Å²) in [6.07, 6.45) is 3.23. The van der Waals surface area contributed by atoms with Crippen molar-refractivity contribution in [3.63, 3.8) is 0 Å². The Labute approximate surface area is 218 Å². The number of carbonyl (C=O) groups excluding carboxylic acids is 2. The van der Waals surface area contributed by atoms with E-state index < -0.39 is 35.5 Å². The van der Waals surface area contributed by atoms with Gasteiger partial charge in [0, 0.05) is 44.1 Å². The molecule has 3 heterocycles. The first-order valence-corrected chi connectivity index (χ1v) is 12.7. The quantitative estimate of drug-likeness (QED) is 0.581. The minimum Gasteiger partial charge on any atom is -0.487 e. The normalized spacial score (nSPS) is 22.9. The monoisotopic (exact) mass is 532 g/mol. The van der Waals surface area contributed by atoms with Crippen molar-refractivity contribution in [2.24, 2.45) is 5.92 Å². The van der Waals surface area contributed by atoms with Crippen LogP contribution in [-0.4, -0.2) is 92.6 Å². The molecule has 0 unspecified atom stereocenters. The minimum absolute atomic E-state index is 0.0336. The van der Waals surface area contributed by atoms with E-state index in [9.17, 15) is 28.6 Å². The molecule has 3 aliphatic rings. The molecular formula is C26H30F2N4O6. The molecule has 0 spiro atoms. The Morgan fingerprint density at radius 1 is 1.00 bits per heavy atom. The number of nitrogens with zero attached hydrogens (tertiary/aromatic N) is 4. The van der Waals surface area contributed by atoms with E-state index in [0.717, 1.165) is 25.0 Å². The number of ether oxygens (including phenoxy) is 2. The summed E-state index contributed by atoms with van der Waals surface area (Å²) in [6.45, 7) is 2.97. The van der Waals surface area contributed by atoms with Gasteiger partial charge in [-0.25, -0.2) is 23.5 Å². The fraction of sp³-hybridized carbons (Fsp3) is 0.538. The molecule has 2 aliphatic heterocycles. The second kappa shape index (κ2) is 10.4. The number of likely N-dealkylation sites (tertiary alicyclic amines) is 2. The number of aliphatic hydroxyl groups is 2. The summed E-state index contributed by atoms with van der Waals surface area (Å²) in [5.41, 5.74) is 0.146. The molecule has 2 aromatic rings. The van der Waals surface area contributed by atoms with Crippen LogP contribution in [-0.2, 0) is 4.74 Å². The number of aromatic nitrogens is 2. The van der Waals surface area contributed by atoms with E-state index in [-0.39, 0.29) is 48.7 Å². The van der Waals surface area contributed by atoms with Gasteiger partial charge in [0.2, 0.25) is 5.82 Å². The largest absolute Gasteiger partial charge is 0.487 e. The number of hydrogen-bond donors (Lipinski definition) is 2. The summed E-state index contributed by atoms with van der Waals surface area (Å²) in [7, 11) is 0. The number of benzene rings is 1. The number of β-amino-alcohol motifs (C(OH)–C–C–N with tert-alkyl or cyclic N) is 2. The first-order chi connectivity index (χ1) is 18.1. The summed E-state index contributed by atoms with van der Waals surface area (Å²) in [5, 5.41) is 19.2. The Balaban J connectivity index is 1.16. The molecule has 1 aromatic heterocycles. The Bertz CT molecular complexity index is 1170. The fourth-order valence-corrected chi connectivity index (χ4v) is 4.57. The van der Waals surface area contributed by atoms with Crippen molar-refractivity contribution < 1.29 is 38.1 Å². The van der Waals surface area contributed by atoms with Crippen molar-refractivity contribution in [3.8, 4) is 16.9 Å². The lowest BCUT2D eigenvalue weighted by molar-refractivity contribution is 0.0453. The van der Waals surface area contributed by atoms with E-state index in [1.54, 1.807) is 4.90 Å². The summed E-state index contributed by atoms with van der Waals surface area (Å²) in [6, 6.07) is 2.23. The predicted molar refractivity (Wildman–Crippen MR) is 129 cm³/mol. The lowest BCUT2D eigenvalue weighted by Gasteiger charge is -2.32. The van der Waals surface area contributed by atoms with E-state index in [1.807, 2.05) is 6.92 Å². The predicted octanol–water partition coefficient (Wildman–Crippen LogP) is 2.38. The zero-order chi connectivity index (χ0) is 27.0. The highest BCUT2D eigenvalue weighted by molar-refractivity contribution is 5.91. The van der Waals surface area contributed by atoms with Gasteiger partial charge in [-0.1, -0.05) is 0 Å². The molecule has 5 rings (SSSR count). The Morgan fingerprint density at radius 3 is 2.13 bits per heavy atom. The SMILES string of the molecule is CC1(OC(=O)N2CCC(COc3c(F)cc(-c4cnc(C(=O)N5C[C@@H](O)[C@H](O)C5)nc4)cc3F)CC2)CC1. The van der Waals surface area contributed by atoms with Crippen molar-refractivity contribution >= 4 is 12.0 Å². The molecule has 38 heavy (non-hydrogen) atoms.